The van der Waals surface area contributed by atoms with Crippen molar-refractivity contribution in [1.82, 2.24) is 0 Å². The van der Waals surface area contributed by atoms with Crippen molar-refractivity contribution in [2.24, 2.45) is 0 Å². The smallest absolute Gasteiger partial charge is 0.258 e. The topological polar surface area (TPSA) is 47.6 Å². The van der Waals surface area contributed by atoms with Gasteiger partial charge in [-0.3, -0.25) is 4.79 Å². The number of benzene rings is 2. The molecule has 1 amide bonds. The molecule has 0 bridgehead atoms. The lowest BCUT2D eigenvalue weighted by atomic mass is 10.1. The Morgan fingerprint density at radius 1 is 1.33 bits per heavy atom. The molecule has 2 aromatic rings. The highest BCUT2D eigenvalue weighted by atomic mass is 19.1. The Morgan fingerprint density at radius 3 is 2.83 bits per heavy atom. The van der Waals surface area contributed by atoms with E-state index in [1.165, 1.54) is 0 Å². The van der Waals surface area contributed by atoms with Crippen molar-refractivity contribution in [2.45, 2.75) is 26.4 Å². The summed E-state index contributed by atoms with van der Waals surface area (Å²) in [5, 5.41) is 2.61. The van der Waals surface area contributed by atoms with Crippen molar-refractivity contribution in [2.75, 3.05) is 11.9 Å². The quantitative estimate of drug-likeness (QED) is 0.922. The van der Waals surface area contributed by atoms with E-state index in [0.29, 0.717) is 29.9 Å². The number of hydrogen-bond donors (Lipinski definition) is 1. The van der Waals surface area contributed by atoms with Crippen molar-refractivity contribution >= 4 is 11.6 Å². The SMILES string of the molecule is CCOc1cc2c(cc1NC(=O)c1ccc(F)cc1F)O[C@H](C)C2. The van der Waals surface area contributed by atoms with Gasteiger partial charge in [-0.15, -0.1) is 0 Å². The van der Waals surface area contributed by atoms with E-state index in [0.717, 1.165) is 24.1 Å². The van der Waals surface area contributed by atoms with Crippen LogP contribution < -0.4 is 14.8 Å². The van der Waals surface area contributed by atoms with E-state index in [4.69, 9.17) is 9.47 Å². The number of carbonyl (C=O) groups is 1. The molecule has 0 aliphatic carbocycles. The summed E-state index contributed by atoms with van der Waals surface area (Å²) in [5.41, 5.74) is 1.14. The van der Waals surface area contributed by atoms with E-state index in [-0.39, 0.29) is 11.7 Å². The molecule has 1 N–H and O–H groups in total. The van der Waals surface area contributed by atoms with Crippen molar-refractivity contribution in [3.05, 3.63) is 53.1 Å². The minimum absolute atomic E-state index is 0.0509. The number of rotatable bonds is 4. The molecule has 1 aliphatic rings. The maximum atomic E-state index is 13.8. The highest BCUT2D eigenvalue weighted by molar-refractivity contribution is 6.05. The van der Waals surface area contributed by atoms with E-state index >= 15 is 0 Å². The molecule has 0 spiro atoms. The maximum absolute atomic E-state index is 13.8. The first-order valence-corrected chi connectivity index (χ1v) is 7.70. The van der Waals surface area contributed by atoms with Gasteiger partial charge in [0.15, 0.2) is 0 Å². The fraction of sp³-hybridized carbons (Fsp3) is 0.278. The molecule has 126 valence electrons. The van der Waals surface area contributed by atoms with Crippen molar-refractivity contribution in [1.29, 1.82) is 0 Å². The second-order valence-electron chi connectivity index (χ2n) is 5.60. The zero-order valence-electron chi connectivity index (χ0n) is 13.4. The molecular formula is C18H17F2NO3. The van der Waals surface area contributed by atoms with Crippen molar-refractivity contribution < 1.29 is 23.0 Å². The van der Waals surface area contributed by atoms with Gasteiger partial charge in [0.05, 0.1) is 17.9 Å². The average Bonchev–Trinajstić information content (AvgIpc) is 2.86. The number of amides is 1. The molecule has 2 aromatic carbocycles. The van der Waals surface area contributed by atoms with Crippen LogP contribution in [0.3, 0.4) is 0 Å². The molecule has 0 aromatic heterocycles. The summed E-state index contributed by atoms with van der Waals surface area (Å²) in [7, 11) is 0. The van der Waals surface area contributed by atoms with Gasteiger partial charge in [-0.05, 0) is 32.0 Å². The van der Waals surface area contributed by atoms with Gasteiger partial charge in [0.25, 0.3) is 5.91 Å². The number of halogens is 2. The fourth-order valence-corrected chi connectivity index (χ4v) is 2.68. The number of hydrogen-bond acceptors (Lipinski definition) is 3. The second-order valence-corrected chi connectivity index (χ2v) is 5.60. The number of ether oxygens (including phenoxy) is 2. The van der Waals surface area contributed by atoms with Gasteiger partial charge in [-0.1, -0.05) is 0 Å². The van der Waals surface area contributed by atoms with E-state index < -0.39 is 17.5 Å². The Bertz CT molecular complexity index is 792. The standard InChI is InChI=1S/C18H17F2NO3/c1-3-23-17-7-11-6-10(2)24-16(11)9-15(17)21-18(22)13-5-4-12(19)8-14(13)20/h4-5,7-10H,3,6H2,1-2H3,(H,21,22)/t10-/m1/s1. The molecule has 0 unspecified atom stereocenters. The Morgan fingerprint density at radius 2 is 2.12 bits per heavy atom. The van der Waals surface area contributed by atoms with Gasteiger partial charge in [-0.25, -0.2) is 8.78 Å². The molecule has 3 rings (SSSR count). The first kappa shape index (κ1) is 16.2. The second kappa shape index (κ2) is 6.47. The third-order valence-electron chi connectivity index (χ3n) is 3.72. The summed E-state index contributed by atoms with van der Waals surface area (Å²) in [6, 6.07) is 6.30. The first-order chi connectivity index (χ1) is 11.5. The van der Waals surface area contributed by atoms with Crippen molar-refractivity contribution in [3.63, 3.8) is 0 Å². The Kier molecular flexibility index (Phi) is 4.38. The summed E-state index contributed by atoms with van der Waals surface area (Å²) >= 11 is 0. The molecule has 1 heterocycles. The van der Waals surface area contributed by atoms with Crippen LogP contribution in [0, 0.1) is 11.6 Å². The third-order valence-corrected chi connectivity index (χ3v) is 3.72. The Balaban J connectivity index is 1.91. The molecule has 0 saturated carbocycles. The van der Waals surface area contributed by atoms with Gasteiger partial charge < -0.3 is 14.8 Å². The van der Waals surface area contributed by atoms with Crippen LogP contribution >= 0.6 is 0 Å². The lowest BCUT2D eigenvalue weighted by Crippen LogP contribution is -2.15. The predicted molar refractivity (Wildman–Crippen MR) is 85.7 cm³/mol. The lowest BCUT2D eigenvalue weighted by molar-refractivity contribution is 0.102. The molecule has 6 heteroatoms. The summed E-state index contributed by atoms with van der Waals surface area (Å²) in [4.78, 5) is 12.3. The van der Waals surface area contributed by atoms with Crippen LogP contribution in [0.1, 0.15) is 29.8 Å². The van der Waals surface area contributed by atoms with Gasteiger partial charge in [-0.2, -0.15) is 0 Å². The van der Waals surface area contributed by atoms with Crippen LogP contribution in [0.4, 0.5) is 14.5 Å². The Labute approximate surface area is 138 Å². The molecule has 0 fully saturated rings. The number of nitrogens with one attached hydrogen (secondary N) is 1. The van der Waals surface area contributed by atoms with E-state index in [1.807, 2.05) is 19.9 Å². The van der Waals surface area contributed by atoms with Crippen LogP contribution in [0.25, 0.3) is 0 Å². The van der Waals surface area contributed by atoms with Gasteiger partial charge in [0, 0.05) is 24.1 Å². The number of fused-ring (bicyclic) bond motifs is 1. The first-order valence-electron chi connectivity index (χ1n) is 7.70. The van der Waals surface area contributed by atoms with Crippen LogP contribution in [0.2, 0.25) is 0 Å². The van der Waals surface area contributed by atoms with E-state index in [2.05, 4.69) is 5.32 Å². The number of carbonyl (C=O) groups excluding carboxylic acids is 1. The van der Waals surface area contributed by atoms with Crippen LogP contribution in [0.15, 0.2) is 30.3 Å². The summed E-state index contributed by atoms with van der Waals surface area (Å²) < 4.78 is 38.0. The minimum atomic E-state index is -0.920. The van der Waals surface area contributed by atoms with Crippen molar-refractivity contribution in [3.8, 4) is 11.5 Å². The van der Waals surface area contributed by atoms with Gasteiger partial charge >= 0.3 is 0 Å². The maximum Gasteiger partial charge on any atom is 0.258 e. The Hall–Kier alpha value is -2.63. The third kappa shape index (κ3) is 3.18. The summed E-state index contributed by atoms with van der Waals surface area (Å²) in [5.74, 6) is -1.18. The number of anilines is 1. The van der Waals surface area contributed by atoms with Gasteiger partial charge in [0.1, 0.15) is 29.2 Å². The molecular weight excluding hydrogens is 316 g/mol. The van der Waals surface area contributed by atoms with Crippen LogP contribution in [-0.2, 0) is 6.42 Å². The molecule has 0 radical (unpaired) electrons. The zero-order valence-corrected chi connectivity index (χ0v) is 13.4. The molecule has 4 nitrogen and oxygen atoms in total. The minimum Gasteiger partial charge on any atom is -0.492 e. The predicted octanol–water partition coefficient (Wildman–Crippen LogP) is 3.94. The van der Waals surface area contributed by atoms with E-state index in [1.54, 1.807) is 6.07 Å². The fourth-order valence-electron chi connectivity index (χ4n) is 2.68. The summed E-state index contributed by atoms with van der Waals surface area (Å²) in [6.45, 7) is 4.20. The molecule has 1 atom stereocenters. The summed E-state index contributed by atoms with van der Waals surface area (Å²) in [6.07, 6.45) is 0.811. The average molecular weight is 333 g/mol. The molecule has 24 heavy (non-hydrogen) atoms. The normalized spacial score (nSPS) is 15.6. The molecule has 0 saturated heterocycles. The van der Waals surface area contributed by atoms with Gasteiger partial charge in [0.2, 0.25) is 0 Å². The van der Waals surface area contributed by atoms with Crippen LogP contribution in [-0.4, -0.2) is 18.6 Å². The highest BCUT2D eigenvalue weighted by Gasteiger charge is 2.23. The largest absolute Gasteiger partial charge is 0.492 e. The highest BCUT2D eigenvalue weighted by Crippen LogP contribution is 2.38. The monoisotopic (exact) mass is 333 g/mol. The molecule has 1 aliphatic heterocycles. The van der Waals surface area contributed by atoms with Crippen LogP contribution in [0.5, 0.6) is 11.5 Å². The van der Waals surface area contributed by atoms with E-state index in [9.17, 15) is 13.6 Å². The lowest BCUT2D eigenvalue weighted by Gasteiger charge is -2.14. The zero-order chi connectivity index (χ0) is 17.3.